The highest BCUT2D eigenvalue weighted by Gasteiger charge is 2.17. The largest absolute Gasteiger partial charge is 0.383 e. The summed E-state index contributed by atoms with van der Waals surface area (Å²) in [6.07, 6.45) is -0.549. The molecular formula is C13H15NOS. The van der Waals surface area contributed by atoms with Gasteiger partial charge in [0.15, 0.2) is 0 Å². The smallest absolute Gasteiger partial charge is 0.115 e. The van der Waals surface area contributed by atoms with Gasteiger partial charge < -0.3 is 5.11 Å². The van der Waals surface area contributed by atoms with Gasteiger partial charge in [-0.3, -0.25) is 0 Å². The van der Waals surface area contributed by atoms with E-state index in [1.807, 2.05) is 32.9 Å². The van der Waals surface area contributed by atoms with E-state index in [0.717, 1.165) is 21.7 Å². The second-order valence-corrected chi connectivity index (χ2v) is 4.95. The minimum Gasteiger partial charge on any atom is -0.383 e. The van der Waals surface area contributed by atoms with E-state index >= 15 is 0 Å². The van der Waals surface area contributed by atoms with Crippen molar-refractivity contribution in [3.63, 3.8) is 0 Å². The molecule has 2 rings (SSSR count). The molecule has 1 N–H and O–H groups in total. The predicted octanol–water partition coefficient (Wildman–Crippen LogP) is 3.15. The first kappa shape index (κ1) is 11.3. The fourth-order valence-electron chi connectivity index (χ4n) is 1.77. The summed E-state index contributed by atoms with van der Waals surface area (Å²) in [5.41, 5.74) is 5.96. The van der Waals surface area contributed by atoms with Crippen LogP contribution < -0.4 is 0 Å². The fraction of sp³-hybridized carbons (Fsp3) is 0.308. The molecule has 84 valence electrons. The molecule has 2 aromatic rings. The van der Waals surface area contributed by atoms with Crippen LogP contribution in [-0.4, -0.2) is 10.1 Å². The molecular weight excluding hydrogens is 218 g/mol. The van der Waals surface area contributed by atoms with Gasteiger partial charge in [-0.05, 0) is 31.9 Å². The molecule has 0 aliphatic rings. The van der Waals surface area contributed by atoms with Crippen LogP contribution in [0.5, 0.6) is 0 Å². The third-order valence-electron chi connectivity index (χ3n) is 2.76. The summed E-state index contributed by atoms with van der Waals surface area (Å²) in [6.45, 7) is 5.99. The highest BCUT2D eigenvalue weighted by Crippen LogP contribution is 2.30. The summed E-state index contributed by atoms with van der Waals surface area (Å²) in [5, 5.41) is 10.3. The second kappa shape index (κ2) is 4.36. The van der Waals surface area contributed by atoms with Crippen LogP contribution >= 0.6 is 11.3 Å². The summed E-state index contributed by atoms with van der Waals surface area (Å²) >= 11 is 1.51. The maximum atomic E-state index is 10.3. The molecule has 1 aromatic heterocycles. The van der Waals surface area contributed by atoms with Crippen molar-refractivity contribution in [3.05, 3.63) is 51.0 Å². The first-order valence-corrected chi connectivity index (χ1v) is 6.12. The van der Waals surface area contributed by atoms with Crippen LogP contribution in [0.3, 0.4) is 0 Å². The molecule has 3 heteroatoms. The molecule has 0 fully saturated rings. The molecule has 16 heavy (non-hydrogen) atoms. The summed E-state index contributed by atoms with van der Waals surface area (Å²) < 4.78 is 0. The lowest BCUT2D eigenvalue weighted by Crippen LogP contribution is -2.02. The van der Waals surface area contributed by atoms with Crippen molar-refractivity contribution < 1.29 is 5.11 Å². The molecule has 2 nitrogen and oxygen atoms in total. The Labute approximate surface area is 99.6 Å². The highest BCUT2D eigenvalue weighted by atomic mass is 32.1. The number of thiazole rings is 1. The maximum absolute atomic E-state index is 10.3. The highest BCUT2D eigenvalue weighted by molar-refractivity contribution is 7.09. The molecule has 1 aromatic carbocycles. The van der Waals surface area contributed by atoms with Crippen molar-refractivity contribution in [1.29, 1.82) is 0 Å². The van der Waals surface area contributed by atoms with Crippen molar-refractivity contribution in [1.82, 2.24) is 4.98 Å². The number of hydrogen-bond acceptors (Lipinski definition) is 3. The van der Waals surface area contributed by atoms with Crippen molar-refractivity contribution in [2.45, 2.75) is 26.9 Å². The van der Waals surface area contributed by atoms with E-state index in [-0.39, 0.29) is 0 Å². The molecule has 0 radical (unpaired) electrons. The minimum absolute atomic E-state index is 0.549. The van der Waals surface area contributed by atoms with E-state index < -0.39 is 6.10 Å². The van der Waals surface area contributed by atoms with Crippen LogP contribution in [-0.2, 0) is 0 Å². The first-order valence-electron chi connectivity index (χ1n) is 5.25. The molecule has 0 spiro atoms. The van der Waals surface area contributed by atoms with Gasteiger partial charge in [0, 0.05) is 0 Å². The van der Waals surface area contributed by atoms with E-state index in [0.29, 0.717) is 0 Å². The van der Waals surface area contributed by atoms with E-state index in [1.54, 1.807) is 5.51 Å². The van der Waals surface area contributed by atoms with Gasteiger partial charge >= 0.3 is 0 Å². The van der Waals surface area contributed by atoms with Gasteiger partial charge in [0.05, 0.1) is 16.1 Å². The van der Waals surface area contributed by atoms with Crippen molar-refractivity contribution in [2.24, 2.45) is 0 Å². The number of rotatable bonds is 2. The van der Waals surface area contributed by atoms with Gasteiger partial charge in [0.25, 0.3) is 0 Å². The van der Waals surface area contributed by atoms with E-state index in [2.05, 4.69) is 11.1 Å². The zero-order valence-electron chi connectivity index (χ0n) is 9.69. The van der Waals surface area contributed by atoms with Crippen LogP contribution in [0.2, 0.25) is 0 Å². The predicted molar refractivity (Wildman–Crippen MR) is 66.8 cm³/mol. The molecule has 0 aliphatic heterocycles. The van der Waals surface area contributed by atoms with Crippen LogP contribution in [0.1, 0.15) is 33.4 Å². The van der Waals surface area contributed by atoms with Gasteiger partial charge in [0.1, 0.15) is 6.10 Å². The number of nitrogens with zero attached hydrogens (tertiary/aromatic N) is 1. The number of aromatic nitrogens is 1. The van der Waals surface area contributed by atoms with Crippen molar-refractivity contribution in [2.75, 3.05) is 0 Å². The molecule has 0 amide bonds. The van der Waals surface area contributed by atoms with Crippen LogP contribution in [0.4, 0.5) is 0 Å². The first-order chi connectivity index (χ1) is 7.59. The van der Waals surface area contributed by atoms with Gasteiger partial charge in [-0.15, -0.1) is 11.3 Å². The monoisotopic (exact) mass is 233 g/mol. The van der Waals surface area contributed by atoms with Crippen LogP contribution in [0.25, 0.3) is 0 Å². The molecule has 1 unspecified atom stereocenters. The number of benzene rings is 1. The van der Waals surface area contributed by atoms with Crippen LogP contribution in [0, 0.1) is 20.8 Å². The third kappa shape index (κ3) is 2.01. The fourth-order valence-corrected chi connectivity index (χ4v) is 2.57. The lowest BCUT2D eigenvalue weighted by molar-refractivity contribution is 0.222. The molecule has 1 heterocycles. The average molecular weight is 233 g/mol. The maximum Gasteiger partial charge on any atom is 0.115 e. The summed E-state index contributed by atoms with van der Waals surface area (Å²) in [5.74, 6) is 0. The number of aliphatic hydroxyl groups is 1. The molecule has 0 saturated heterocycles. The SMILES string of the molecule is Cc1ccc(C)c(C(O)c2scnc2C)c1. The summed E-state index contributed by atoms with van der Waals surface area (Å²) in [6, 6.07) is 6.15. The van der Waals surface area contributed by atoms with Gasteiger partial charge in [0.2, 0.25) is 0 Å². The Balaban J connectivity index is 2.45. The van der Waals surface area contributed by atoms with E-state index in [4.69, 9.17) is 0 Å². The molecule has 0 bridgehead atoms. The molecule has 0 saturated carbocycles. The van der Waals surface area contributed by atoms with Gasteiger partial charge in [-0.25, -0.2) is 4.98 Å². The second-order valence-electron chi connectivity index (χ2n) is 4.06. The van der Waals surface area contributed by atoms with Gasteiger partial charge in [-0.1, -0.05) is 23.8 Å². The Morgan fingerprint density at radius 3 is 2.62 bits per heavy atom. The van der Waals surface area contributed by atoms with Crippen molar-refractivity contribution in [3.8, 4) is 0 Å². The van der Waals surface area contributed by atoms with Crippen LogP contribution in [0.15, 0.2) is 23.7 Å². The van der Waals surface area contributed by atoms with Gasteiger partial charge in [-0.2, -0.15) is 0 Å². The minimum atomic E-state index is -0.549. The summed E-state index contributed by atoms with van der Waals surface area (Å²) in [7, 11) is 0. The number of aryl methyl sites for hydroxylation is 3. The quantitative estimate of drug-likeness (QED) is 0.864. The zero-order valence-corrected chi connectivity index (χ0v) is 10.5. The lowest BCUT2D eigenvalue weighted by Gasteiger charge is -2.13. The van der Waals surface area contributed by atoms with E-state index in [1.165, 1.54) is 16.9 Å². The zero-order chi connectivity index (χ0) is 11.7. The average Bonchev–Trinajstić information content (AvgIpc) is 2.67. The Kier molecular flexibility index (Phi) is 3.08. The lowest BCUT2D eigenvalue weighted by atomic mass is 9.99. The Morgan fingerprint density at radius 2 is 2.00 bits per heavy atom. The Hall–Kier alpha value is -1.19. The third-order valence-corrected chi connectivity index (χ3v) is 3.74. The number of aliphatic hydroxyl groups excluding tert-OH is 1. The molecule has 0 aliphatic carbocycles. The molecule has 1 atom stereocenters. The Bertz CT molecular complexity index is 504. The van der Waals surface area contributed by atoms with Crippen molar-refractivity contribution >= 4 is 11.3 Å². The number of hydrogen-bond donors (Lipinski definition) is 1. The normalized spacial score (nSPS) is 12.8. The Morgan fingerprint density at radius 1 is 1.25 bits per heavy atom. The standard InChI is InChI=1S/C13H15NOS/c1-8-4-5-9(2)11(6-8)12(15)13-10(3)14-7-16-13/h4-7,12,15H,1-3H3. The topological polar surface area (TPSA) is 33.1 Å². The van der Waals surface area contributed by atoms with E-state index in [9.17, 15) is 5.11 Å². The summed E-state index contributed by atoms with van der Waals surface area (Å²) in [4.78, 5) is 5.11.